The molecular weight excluding hydrogens is 450 g/mol. The number of amides is 2. The van der Waals surface area contributed by atoms with Crippen molar-refractivity contribution in [1.29, 1.82) is 0 Å². The highest BCUT2D eigenvalue weighted by molar-refractivity contribution is 7.21. The predicted molar refractivity (Wildman–Crippen MR) is 108 cm³/mol. The number of rotatable bonds is 7. The van der Waals surface area contributed by atoms with Crippen LogP contribution in [0.4, 0.5) is 20.2 Å². The summed E-state index contributed by atoms with van der Waals surface area (Å²) in [5.74, 6) is -1.37. The molecule has 0 aliphatic heterocycles. The summed E-state index contributed by atoms with van der Waals surface area (Å²) in [5, 5.41) is 17.2. The van der Waals surface area contributed by atoms with E-state index in [1.54, 1.807) is 6.07 Å². The number of furan rings is 1. The zero-order chi connectivity index (χ0) is 23.0. The van der Waals surface area contributed by atoms with Crippen molar-refractivity contribution < 1.29 is 27.7 Å². The number of nitrogens with zero attached hydrogens (tertiary/aromatic N) is 4. The van der Waals surface area contributed by atoms with E-state index in [0.717, 1.165) is 34.5 Å². The van der Waals surface area contributed by atoms with Gasteiger partial charge in [-0.2, -0.15) is 5.10 Å². The topological polar surface area (TPSA) is 159 Å². The van der Waals surface area contributed by atoms with Gasteiger partial charge in [0.2, 0.25) is 5.91 Å². The lowest BCUT2D eigenvalue weighted by Gasteiger charge is -2.09. The van der Waals surface area contributed by atoms with Gasteiger partial charge in [0.1, 0.15) is 40.1 Å². The number of anilines is 1. The van der Waals surface area contributed by atoms with Crippen LogP contribution < -0.4 is 11.1 Å². The van der Waals surface area contributed by atoms with E-state index in [-0.39, 0.29) is 37.8 Å². The van der Waals surface area contributed by atoms with Gasteiger partial charge in [-0.1, -0.05) is 0 Å². The van der Waals surface area contributed by atoms with E-state index in [9.17, 15) is 28.5 Å². The molecule has 0 bridgehead atoms. The fourth-order valence-electron chi connectivity index (χ4n) is 3.01. The highest BCUT2D eigenvalue weighted by Gasteiger charge is 2.26. The SMILES string of the molecule is NC(=O)c1sc2nc(C(F)F)cc(-c3ccco3)c2c1NC(=O)Cn1cc([N+](=O)[O-])cn1. The number of carbonyl (C=O) groups is 2. The van der Waals surface area contributed by atoms with Crippen molar-refractivity contribution in [3.63, 3.8) is 0 Å². The van der Waals surface area contributed by atoms with Crippen molar-refractivity contribution in [2.75, 3.05) is 5.32 Å². The van der Waals surface area contributed by atoms with E-state index in [1.165, 1.54) is 12.3 Å². The van der Waals surface area contributed by atoms with Crippen LogP contribution in [0.5, 0.6) is 0 Å². The fraction of sp³-hybridized carbons (Fsp3) is 0.111. The van der Waals surface area contributed by atoms with Gasteiger partial charge in [0, 0.05) is 10.9 Å². The van der Waals surface area contributed by atoms with Gasteiger partial charge in [0.15, 0.2) is 0 Å². The number of carbonyl (C=O) groups excluding carboxylic acids is 2. The van der Waals surface area contributed by atoms with Gasteiger partial charge in [0.25, 0.3) is 12.3 Å². The first kappa shape index (κ1) is 21.0. The lowest BCUT2D eigenvalue weighted by atomic mass is 10.1. The molecule has 0 saturated heterocycles. The number of fused-ring (bicyclic) bond motifs is 1. The van der Waals surface area contributed by atoms with Crippen LogP contribution in [-0.2, 0) is 11.3 Å². The maximum atomic E-state index is 13.4. The number of nitro groups is 1. The Labute approximate surface area is 180 Å². The first-order valence-electron chi connectivity index (χ1n) is 8.80. The van der Waals surface area contributed by atoms with Crippen molar-refractivity contribution >= 4 is 44.7 Å². The van der Waals surface area contributed by atoms with E-state index in [0.29, 0.717) is 0 Å². The quantitative estimate of drug-likeness (QED) is 0.315. The van der Waals surface area contributed by atoms with Crippen LogP contribution in [0.1, 0.15) is 21.8 Å². The number of nitrogens with two attached hydrogens (primary N) is 1. The molecule has 32 heavy (non-hydrogen) atoms. The second-order valence-electron chi connectivity index (χ2n) is 6.42. The van der Waals surface area contributed by atoms with Crippen LogP contribution >= 0.6 is 11.3 Å². The van der Waals surface area contributed by atoms with Crippen LogP contribution in [0.2, 0.25) is 0 Å². The van der Waals surface area contributed by atoms with Crippen LogP contribution in [0.15, 0.2) is 41.3 Å². The van der Waals surface area contributed by atoms with Crippen LogP contribution in [0, 0.1) is 10.1 Å². The molecule has 0 aliphatic rings. The van der Waals surface area contributed by atoms with E-state index < -0.39 is 35.4 Å². The molecule has 0 aromatic carbocycles. The van der Waals surface area contributed by atoms with E-state index in [2.05, 4.69) is 15.4 Å². The van der Waals surface area contributed by atoms with Gasteiger partial charge in [-0.15, -0.1) is 11.3 Å². The Balaban J connectivity index is 1.80. The van der Waals surface area contributed by atoms with E-state index in [1.807, 2.05) is 0 Å². The molecular formula is C18H12F2N6O5S. The number of thiophene rings is 1. The minimum absolute atomic E-state index is 0.0242. The van der Waals surface area contributed by atoms with Gasteiger partial charge in [-0.05, 0) is 18.2 Å². The summed E-state index contributed by atoms with van der Waals surface area (Å²) in [5.41, 5.74) is 4.75. The summed E-state index contributed by atoms with van der Waals surface area (Å²) >= 11 is 0.744. The van der Waals surface area contributed by atoms with Gasteiger partial charge >= 0.3 is 5.69 Å². The Hall–Kier alpha value is -4.20. The van der Waals surface area contributed by atoms with Crippen molar-refractivity contribution in [3.05, 3.63) is 57.5 Å². The lowest BCUT2D eigenvalue weighted by Crippen LogP contribution is -2.21. The number of nitrogens with one attached hydrogen (secondary N) is 1. The van der Waals surface area contributed by atoms with Crippen molar-refractivity contribution in [1.82, 2.24) is 14.8 Å². The zero-order valence-corrected chi connectivity index (χ0v) is 16.6. The predicted octanol–water partition coefficient (Wildman–Crippen LogP) is 3.34. The molecule has 4 aromatic heterocycles. The summed E-state index contributed by atoms with van der Waals surface area (Å²) in [6, 6.07) is 4.18. The molecule has 164 valence electrons. The molecule has 4 rings (SSSR count). The van der Waals surface area contributed by atoms with Crippen molar-refractivity contribution in [3.8, 4) is 11.3 Å². The number of hydrogen-bond donors (Lipinski definition) is 2. The summed E-state index contributed by atoms with van der Waals surface area (Å²) in [4.78, 5) is 38.6. The number of hydrogen-bond acceptors (Lipinski definition) is 8. The van der Waals surface area contributed by atoms with Gasteiger partial charge in [0.05, 0.1) is 16.9 Å². The summed E-state index contributed by atoms with van der Waals surface area (Å²) in [6.45, 7) is -0.415. The molecule has 14 heteroatoms. The summed E-state index contributed by atoms with van der Waals surface area (Å²) < 4.78 is 33.1. The molecule has 0 aliphatic carbocycles. The minimum atomic E-state index is -2.89. The number of halogens is 2. The Bertz CT molecular complexity index is 1350. The van der Waals surface area contributed by atoms with Crippen LogP contribution in [0.25, 0.3) is 21.5 Å². The molecule has 0 fully saturated rings. The summed E-state index contributed by atoms with van der Waals surface area (Å²) in [7, 11) is 0. The Morgan fingerprint density at radius 2 is 2.19 bits per heavy atom. The zero-order valence-electron chi connectivity index (χ0n) is 15.8. The number of pyridine rings is 1. The van der Waals surface area contributed by atoms with Gasteiger partial charge in [-0.25, -0.2) is 13.8 Å². The fourth-order valence-corrected chi connectivity index (χ4v) is 4.02. The first-order valence-corrected chi connectivity index (χ1v) is 9.62. The normalized spacial score (nSPS) is 11.2. The lowest BCUT2D eigenvalue weighted by molar-refractivity contribution is -0.385. The third-order valence-electron chi connectivity index (χ3n) is 4.32. The number of primary amides is 1. The smallest absolute Gasteiger partial charge is 0.307 e. The average Bonchev–Trinajstić information content (AvgIpc) is 3.47. The van der Waals surface area contributed by atoms with Crippen LogP contribution in [-0.4, -0.2) is 31.5 Å². The molecule has 0 atom stereocenters. The number of aromatic nitrogens is 3. The third-order valence-corrected chi connectivity index (χ3v) is 5.41. The Kier molecular flexibility index (Phi) is 5.36. The largest absolute Gasteiger partial charge is 0.464 e. The molecule has 4 heterocycles. The second kappa shape index (κ2) is 8.14. The minimum Gasteiger partial charge on any atom is -0.464 e. The Morgan fingerprint density at radius 1 is 1.41 bits per heavy atom. The maximum Gasteiger partial charge on any atom is 0.307 e. The standard InChI is InChI=1S/C18H12F2N6O5S/c19-16(20)10-4-9(11-2-1-3-31-11)13-14(15(17(21)28)32-18(13)23-10)24-12(27)7-25-6-8(5-22-25)26(29)30/h1-6,16H,7H2,(H2,21,28)(H,24,27). The molecule has 0 unspecified atom stereocenters. The Morgan fingerprint density at radius 3 is 2.78 bits per heavy atom. The molecule has 3 N–H and O–H groups in total. The molecule has 11 nitrogen and oxygen atoms in total. The number of alkyl halides is 2. The van der Waals surface area contributed by atoms with E-state index >= 15 is 0 Å². The maximum absolute atomic E-state index is 13.4. The van der Waals surface area contributed by atoms with Gasteiger partial charge < -0.3 is 15.5 Å². The van der Waals surface area contributed by atoms with Gasteiger partial charge in [-0.3, -0.25) is 24.4 Å². The molecule has 0 saturated carbocycles. The van der Waals surface area contributed by atoms with Crippen LogP contribution in [0.3, 0.4) is 0 Å². The molecule has 2 amide bonds. The molecule has 4 aromatic rings. The average molecular weight is 462 g/mol. The summed E-state index contributed by atoms with van der Waals surface area (Å²) in [6.07, 6.45) is 0.493. The highest BCUT2D eigenvalue weighted by atomic mass is 32.1. The van der Waals surface area contributed by atoms with E-state index in [4.69, 9.17) is 10.2 Å². The third kappa shape index (κ3) is 3.90. The molecule has 0 spiro atoms. The highest BCUT2D eigenvalue weighted by Crippen LogP contribution is 2.42. The monoisotopic (exact) mass is 462 g/mol. The molecule has 0 radical (unpaired) electrons. The van der Waals surface area contributed by atoms with Crippen molar-refractivity contribution in [2.45, 2.75) is 13.0 Å². The second-order valence-corrected chi connectivity index (χ2v) is 7.42. The van der Waals surface area contributed by atoms with Crippen molar-refractivity contribution in [2.24, 2.45) is 5.73 Å². The first-order chi connectivity index (χ1) is 15.2.